The summed E-state index contributed by atoms with van der Waals surface area (Å²) in [5.41, 5.74) is 0.565. The normalized spacial score (nSPS) is 15.7. The number of carbonyl (C=O) groups excluding carboxylic acids is 2. The number of carbonyl (C=O) groups is 3. The summed E-state index contributed by atoms with van der Waals surface area (Å²) in [4.78, 5) is 38.4. The molecule has 0 aromatic carbocycles. The Hall–Kier alpha value is -2.50. The van der Waals surface area contributed by atoms with Gasteiger partial charge in [-0.25, -0.2) is 14.7 Å². The molecule has 18 heavy (non-hydrogen) atoms. The van der Waals surface area contributed by atoms with Crippen molar-refractivity contribution < 1.29 is 19.5 Å². The summed E-state index contributed by atoms with van der Waals surface area (Å²) in [7, 11) is 0. The number of pyridine rings is 1. The molecule has 2 rings (SSSR count). The van der Waals surface area contributed by atoms with Gasteiger partial charge in [0, 0.05) is 25.1 Å². The van der Waals surface area contributed by atoms with Crippen LogP contribution >= 0.6 is 0 Å². The summed E-state index contributed by atoms with van der Waals surface area (Å²) in [5.74, 6) is -1.41. The number of carboxylic acids is 1. The Morgan fingerprint density at radius 3 is 2.61 bits per heavy atom. The molecule has 0 atom stereocenters. The SMILES string of the molecule is O=C(O)/C=C/c1ccnc(N2C(=O)CCC2=O)c1. The lowest BCUT2D eigenvalue weighted by Gasteiger charge is -2.12. The van der Waals surface area contributed by atoms with Crippen LogP contribution in [0.1, 0.15) is 18.4 Å². The maximum Gasteiger partial charge on any atom is 0.328 e. The lowest BCUT2D eigenvalue weighted by molar-refractivity contribution is -0.131. The zero-order valence-electron chi connectivity index (χ0n) is 9.37. The molecule has 0 bridgehead atoms. The van der Waals surface area contributed by atoms with Crippen LogP contribution in [-0.2, 0) is 14.4 Å². The van der Waals surface area contributed by atoms with Crippen LogP contribution in [0.4, 0.5) is 5.82 Å². The van der Waals surface area contributed by atoms with Crippen LogP contribution in [0.15, 0.2) is 24.4 Å². The van der Waals surface area contributed by atoms with Gasteiger partial charge in [0.25, 0.3) is 0 Å². The number of nitrogens with zero attached hydrogens (tertiary/aromatic N) is 2. The topological polar surface area (TPSA) is 87.6 Å². The first-order valence-corrected chi connectivity index (χ1v) is 5.31. The maximum absolute atomic E-state index is 11.5. The molecule has 2 amide bonds. The van der Waals surface area contributed by atoms with E-state index < -0.39 is 5.97 Å². The quantitative estimate of drug-likeness (QED) is 0.630. The average Bonchev–Trinajstić information content (AvgIpc) is 2.67. The van der Waals surface area contributed by atoms with Gasteiger partial charge >= 0.3 is 5.97 Å². The molecule has 0 unspecified atom stereocenters. The fraction of sp³-hybridized carbons (Fsp3) is 0.167. The number of amides is 2. The molecule has 1 aromatic heterocycles. The predicted molar refractivity (Wildman–Crippen MR) is 62.6 cm³/mol. The van der Waals surface area contributed by atoms with Gasteiger partial charge in [0.1, 0.15) is 5.82 Å². The van der Waals surface area contributed by atoms with Crippen molar-refractivity contribution in [3.05, 3.63) is 30.0 Å². The number of anilines is 1. The van der Waals surface area contributed by atoms with E-state index in [-0.39, 0.29) is 30.5 Å². The van der Waals surface area contributed by atoms with Crippen LogP contribution in [0.2, 0.25) is 0 Å². The Labute approximate surface area is 103 Å². The smallest absolute Gasteiger partial charge is 0.328 e. The van der Waals surface area contributed by atoms with Crippen molar-refractivity contribution >= 4 is 29.7 Å². The van der Waals surface area contributed by atoms with Crippen molar-refractivity contribution in [2.75, 3.05) is 4.90 Å². The first-order valence-electron chi connectivity index (χ1n) is 5.31. The van der Waals surface area contributed by atoms with Crippen molar-refractivity contribution in [3.63, 3.8) is 0 Å². The maximum atomic E-state index is 11.5. The van der Waals surface area contributed by atoms with E-state index in [1.807, 2.05) is 0 Å². The van der Waals surface area contributed by atoms with E-state index >= 15 is 0 Å². The highest BCUT2D eigenvalue weighted by Crippen LogP contribution is 2.21. The third-order valence-electron chi connectivity index (χ3n) is 2.47. The van der Waals surface area contributed by atoms with E-state index in [9.17, 15) is 14.4 Å². The number of carboxylic acid groups (broad SMARTS) is 1. The molecule has 1 fully saturated rings. The van der Waals surface area contributed by atoms with E-state index in [1.165, 1.54) is 18.3 Å². The van der Waals surface area contributed by atoms with E-state index in [1.54, 1.807) is 6.07 Å². The molecule has 1 aliphatic rings. The lowest BCUT2D eigenvalue weighted by Crippen LogP contribution is -2.29. The van der Waals surface area contributed by atoms with Gasteiger partial charge in [-0.1, -0.05) is 0 Å². The molecule has 1 aromatic rings. The summed E-state index contributed by atoms with van der Waals surface area (Å²) >= 11 is 0. The van der Waals surface area contributed by atoms with Gasteiger partial charge in [0.2, 0.25) is 11.8 Å². The Morgan fingerprint density at radius 2 is 2.00 bits per heavy atom. The highest BCUT2D eigenvalue weighted by atomic mass is 16.4. The fourth-order valence-electron chi connectivity index (χ4n) is 1.66. The molecule has 1 N–H and O–H groups in total. The van der Waals surface area contributed by atoms with Crippen LogP contribution in [0.3, 0.4) is 0 Å². The average molecular weight is 246 g/mol. The van der Waals surface area contributed by atoms with Gasteiger partial charge in [-0.3, -0.25) is 9.59 Å². The highest BCUT2D eigenvalue weighted by molar-refractivity contribution is 6.19. The number of hydrogen-bond donors (Lipinski definition) is 1. The second kappa shape index (κ2) is 4.79. The minimum Gasteiger partial charge on any atom is -0.478 e. The Balaban J connectivity index is 2.29. The summed E-state index contributed by atoms with van der Waals surface area (Å²) in [6, 6.07) is 3.09. The van der Waals surface area contributed by atoms with Crippen LogP contribution in [0.5, 0.6) is 0 Å². The van der Waals surface area contributed by atoms with E-state index in [4.69, 9.17) is 5.11 Å². The monoisotopic (exact) mass is 246 g/mol. The molecular formula is C12H10N2O4. The van der Waals surface area contributed by atoms with Gasteiger partial charge in [0.05, 0.1) is 0 Å². The molecule has 2 heterocycles. The van der Waals surface area contributed by atoms with Crippen LogP contribution < -0.4 is 4.90 Å². The molecule has 0 saturated carbocycles. The van der Waals surface area contributed by atoms with Gasteiger partial charge in [0.15, 0.2) is 0 Å². The zero-order chi connectivity index (χ0) is 13.1. The zero-order valence-corrected chi connectivity index (χ0v) is 9.37. The Bertz CT molecular complexity index is 535. The Morgan fingerprint density at radius 1 is 1.33 bits per heavy atom. The molecule has 0 aliphatic carbocycles. The van der Waals surface area contributed by atoms with Gasteiger partial charge < -0.3 is 5.11 Å². The first kappa shape index (κ1) is 12.0. The van der Waals surface area contributed by atoms with Crippen LogP contribution in [0, 0.1) is 0 Å². The molecule has 6 nitrogen and oxygen atoms in total. The number of hydrogen-bond acceptors (Lipinski definition) is 4. The Kier molecular flexibility index (Phi) is 3.18. The van der Waals surface area contributed by atoms with Crippen molar-refractivity contribution in [2.24, 2.45) is 0 Å². The minimum absolute atomic E-state index is 0.190. The standard InChI is InChI=1S/C12H10N2O4/c15-10-2-3-11(16)14(10)9-7-8(5-6-13-9)1-4-12(17)18/h1,4-7H,2-3H2,(H,17,18)/b4-1+. The third kappa shape index (κ3) is 2.42. The van der Waals surface area contributed by atoms with Crippen molar-refractivity contribution in [3.8, 4) is 0 Å². The minimum atomic E-state index is -1.07. The van der Waals surface area contributed by atoms with Crippen LogP contribution in [-0.4, -0.2) is 27.9 Å². The molecule has 1 aliphatic heterocycles. The summed E-state index contributed by atoms with van der Waals surface area (Å²) in [6.07, 6.45) is 4.16. The van der Waals surface area contributed by atoms with E-state index in [2.05, 4.69) is 4.98 Å². The van der Waals surface area contributed by atoms with Crippen molar-refractivity contribution in [1.82, 2.24) is 4.98 Å². The number of aromatic nitrogens is 1. The second-order valence-electron chi connectivity index (χ2n) is 3.74. The van der Waals surface area contributed by atoms with Crippen LogP contribution in [0.25, 0.3) is 6.08 Å². The van der Waals surface area contributed by atoms with Crippen molar-refractivity contribution in [2.45, 2.75) is 12.8 Å². The fourth-order valence-corrected chi connectivity index (χ4v) is 1.66. The molecule has 6 heteroatoms. The number of aliphatic carboxylic acids is 1. The van der Waals surface area contributed by atoms with Crippen molar-refractivity contribution in [1.29, 1.82) is 0 Å². The summed E-state index contributed by atoms with van der Waals surface area (Å²) < 4.78 is 0. The largest absolute Gasteiger partial charge is 0.478 e. The molecule has 0 spiro atoms. The molecule has 92 valence electrons. The van der Waals surface area contributed by atoms with Gasteiger partial charge in [-0.05, 0) is 23.8 Å². The van der Waals surface area contributed by atoms with Gasteiger partial charge in [-0.2, -0.15) is 0 Å². The van der Waals surface area contributed by atoms with E-state index in [0.717, 1.165) is 11.0 Å². The predicted octanol–water partition coefficient (Wildman–Crippen LogP) is 0.833. The molecular weight excluding hydrogens is 236 g/mol. The molecule has 0 radical (unpaired) electrons. The lowest BCUT2D eigenvalue weighted by atomic mass is 10.2. The van der Waals surface area contributed by atoms with E-state index in [0.29, 0.717) is 5.56 Å². The first-order chi connectivity index (χ1) is 8.58. The molecule has 1 saturated heterocycles. The number of rotatable bonds is 3. The number of imide groups is 1. The van der Waals surface area contributed by atoms with Gasteiger partial charge in [-0.15, -0.1) is 0 Å². The summed E-state index contributed by atoms with van der Waals surface area (Å²) in [6.45, 7) is 0. The third-order valence-corrected chi connectivity index (χ3v) is 2.47. The highest BCUT2D eigenvalue weighted by Gasteiger charge is 2.31. The summed E-state index contributed by atoms with van der Waals surface area (Å²) in [5, 5.41) is 8.52. The second-order valence-corrected chi connectivity index (χ2v) is 3.74.